The fraction of sp³-hybridized carbons (Fsp3) is 0.364. The topological polar surface area (TPSA) is 26.3 Å². The lowest BCUT2D eigenvalue weighted by molar-refractivity contribution is -0.116. The number of hydrogen-bond acceptors (Lipinski definition) is 2. The number of para-hydroxylation sites is 1. The maximum Gasteiger partial charge on any atom is 0.387 e. The normalized spacial score (nSPS) is 10.6. The smallest absolute Gasteiger partial charge is 0.387 e. The Balaban J connectivity index is 2.98. The van der Waals surface area contributed by atoms with Crippen molar-refractivity contribution in [3.8, 4) is 5.75 Å². The SMILES string of the molecule is Cc1cccc(CC(=O)CCl)c1OC(F)F. The third kappa shape index (κ3) is 3.45. The number of benzene rings is 1. The molecule has 0 amide bonds. The molecule has 0 aliphatic carbocycles. The van der Waals surface area contributed by atoms with Gasteiger partial charge in [-0.05, 0) is 12.5 Å². The predicted molar refractivity (Wildman–Crippen MR) is 57.2 cm³/mol. The first-order valence-corrected chi connectivity index (χ1v) is 5.19. The molecule has 1 aromatic rings. The van der Waals surface area contributed by atoms with E-state index in [1.54, 1.807) is 25.1 Å². The third-order valence-corrected chi connectivity index (χ3v) is 2.34. The van der Waals surface area contributed by atoms with E-state index in [1.165, 1.54) is 0 Å². The van der Waals surface area contributed by atoms with E-state index in [1.807, 2.05) is 0 Å². The van der Waals surface area contributed by atoms with E-state index in [0.29, 0.717) is 11.1 Å². The summed E-state index contributed by atoms with van der Waals surface area (Å²) in [5.74, 6) is -0.301. The molecule has 0 N–H and O–H groups in total. The highest BCUT2D eigenvalue weighted by atomic mass is 35.5. The van der Waals surface area contributed by atoms with E-state index in [2.05, 4.69) is 4.74 Å². The summed E-state index contributed by atoms with van der Waals surface area (Å²) < 4.78 is 28.7. The molecule has 0 unspecified atom stereocenters. The number of carbonyl (C=O) groups excluding carboxylic acids is 1. The molecule has 88 valence electrons. The summed E-state index contributed by atoms with van der Waals surface area (Å²) in [7, 11) is 0. The standard InChI is InChI=1S/C11H11ClF2O2/c1-7-3-2-4-8(5-9(15)6-12)10(7)16-11(13)14/h2-4,11H,5-6H2,1H3. The maximum atomic E-state index is 12.2. The Kier molecular flexibility index (Phi) is 4.68. The zero-order valence-electron chi connectivity index (χ0n) is 8.67. The van der Waals surface area contributed by atoms with Gasteiger partial charge in [0.25, 0.3) is 0 Å². The van der Waals surface area contributed by atoms with E-state index >= 15 is 0 Å². The highest BCUT2D eigenvalue weighted by Gasteiger charge is 2.14. The van der Waals surface area contributed by atoms with Crippen LogP contribution in [0.1, 0.15) is 11.1 Å². The van der Waals surface area contributed by atoms with Crippen molar-refractivity contribution in [1.82, 2.24) is 0 Å². The number of ketones is 1. The Labute approximate surface area is 97.2 Å². The molecule has 0 aliphatic rings. The molecule has 16 heavy (non-hydrogen) atoms. The van der Waals surface area contributed by atoms with Crippen LogP contribution in [0.4, 0.5) is 8.78 Å². The van der Waals surface area contributed by atoms with Crippen molar-refractivity contribution in [1.29, 1.82) is 0 Å². The molecular formula is C11H11ClF2O2. The first-order chi connectivity index (χ1) is 7.54. The number of aryl methyl sites for hydroxylation is 1. The van der Waals surface area contributed by atoms with Gasteiger partial charge in [-0.3, -0.25) is 4.79 Å². The average Bonchev–Trinajstić information content (AvgIpc) is 2.22. The van der Waals surface area contributed by atoms with Crippen molar-refractivity contribution in [2.75, 3.05) is 5.88 Å². The summed E-state index contributed by atoms with van der Waals surface area (Å²) >= 11 is 5.36. The molecule has 0 radical (unpaired) electrons. The van der Waals surface area contributed by atoms with Crippen molar-refractivity contribution in [3.05, 3.63) is 29.3 Å². The second-order valence-electron chi connectivity index (χ2n) is 3.29. The van der Waals surface area contributed by atoms with E-state index in [-0.39, 0.29) is 23.8 Å². The van der Waals surface area contributed by atoms with Crippen LogP contribution in [0, 0.1) is 6.92 Å². The highest BCUT2D eigenvalue weighted by Crippen LogP contribution is 2.25. The van der Waals surface area contributed by atoms with E-state index in [4.69, 9.17) is 11.6 Å². The van der Waals surface area contributed by atoms with Crippen LogP contribution in [-0.2, 0) is 11.2 Å². The van der Waals surface area contributed by atoms with Crippen LogP contribution in [0.25, 0.3) is 0 Å². The van der Waals surface area contributed by atoms with E-state index in [9.17, 15) is 13.6 Å². The molecule has 0 heterocycles. The Morgan fingerprint density at radius 3 is 2.75 bits per heavy atom. The first kappa shape index (κ1) is 12.9. The fourth-order valence-corrected chi connectivity index (χ4v) is 1.46. The second kappa shape index (κ2) is 5.80. The number of rotatable bonds is 5. The molecule has 0 saturated heterocycles. The summed E-state index contributed by atoms with van der Waals surface area (Å²) in [6.45, 7) is -1.25. The molecule has 1 aromatic carbocycles. The molecule has 0 bridgehead atoms. The molecule has 0 aliphatic heterocycles. The quantitative estimate of drug-likeness (QED) is 0.749. The monoisotopic (exact) mass is 248 g/mol. The zero-order chi connectivity index (χ0) is 12.1. The summed E-state index contributed by atoms with van der Waals surface area (Å²) in [5, 5.41) is 0. The van der Waals surface area contributed by atoms with Crippen molar-refractivity contribution >= 4 is 17.4 Å². The molecule has 0 atom stereocenters. The molecular weight excluding hydrogens is 238 g/mol. The summed E-state index contributed by atoms with van der Waals surface area (Å²) in [4.78, 5) is 11.2. The number of carbonyl (C=O) groups is 1. The van der Waals surface area contributed by atoms with Gasteiger partial charge in [-0.1, -0.05) is 18.2 Å². The number of Topliss-reactive ketones (excluding diaryl/α,β-unsaturated/α-hetero) is 1. The number of hydrogen-bond donors (Lipinski definition) is 0. The largest absolute Gasteiger partial charge is 0.434 e. The van der Waals surface area contributed by atoms with Crippen molar-refractivity contribution in [3.63, 3.8) is 0 Å². The van der Waals surface area contributed by atoms with Crippen LogP contribution in [0.2, 0.25) is 0 Å². The van der Waals surface area contributed by atoms with E-state index in [0.717, 1.165) is 0 Å². The van der Waals surface area contributed by atoms with Crippen LogP contribution >= 0.6 is 11.6 Å². The van der Waals surface area contributed by atoms with Crippen LogP contribution in [-0.4, -0.2) is 18.3 Å². The Hall–Kier alpha value is -1.16. The van der Waals surface area contributed by atoms with Gasteiger partial charge in [0, 0.05) is 12.0 Å². The minimum absolute atomic E-state index is 0.00718. The van der Waals surface area contributed by atoms with Gasteiger partial charge < -0.3 is 4.74 Å². The Bertz CT molecular complexity index is 380. The number of alkyl halides is 3. The van der Waals surface area contributed by atoms with Gasteiger partial charge >= 0.3 is 6.61 Å². The predicted octanol–water partition coefficient (Wildman–Crippen LogP) is 2.95. The Morgan fingerprint density at radius 2 is 2.19 bits per heavy atom. The van der Waals surface area contributed by atoms with Crippen LogP contribution in [0.3, 0.4) is 0 Å². The third-order valence-electron chi connectivity index (χ3n) is 2.04. The van der Waals surface area contributed by atoms with Crippen LogP contribution < -0.4 is 4.74 Å². The second-order valence-corrected chi connectivity index (χ2v) is 3.56. The molecule has 1 rings (SSSR count). The van der Waals surface area contributed by atoms with E-state index < -0.39 is 6.61 Å². The van der Waals surface area contributed by atoms with Gasteiger partial charge in [0.15, 0.2) is 5.78 Å². The molecule has 0 aromatic heterocycles. The minimum Gasteiger partial charge on any atom is -0.434 e. The lowest BCUT2D eigenvalue weighted by atomic mass is 10.1. The molecule has 0 spiro atoms. The van der Waals surface area contributed by atoms with Gasteiger partial charge in [-0.15, -0.1) is 11.6 Å². The van der Waals surface area contributed by atoms with Crippen molar-refractivity contribution in [2.24, 2.45) is 0 Å². The van der Waals surface area contributed by atoms with Gasteiger partial charge in [0.1, 0.15) is 5.75 Å². The maximum absolute atomic E-state index is 12.2. The van der Waals surface area contributed by atoms with Crippen LogP contribution in [0.5, 0.6) is 5.75 Å². The lowest BCUT2D eigenvalue weighted by Gasteiger charge is -2.12. The van der Waals surface area contributed by atoms with Crippen molar-refractivity contribution < 1.29 is 18.3 Å². The molecule has 5 heteroatoms. The summed E-state index contributed by atoms with van der Waals surface area (Å²) in [6.07, 6.45) is 0.00718. The summed E-state index contributed by atoms with van der Waals surface area (Å²) in [6, 6.07) is 4.91. The lowest BCUT2D eigenvalue weighted by Crippen LogP contribution is -2.10. The van der Waals surface area contributed by atoms with Crippen LogP contribution in [0.15, 0.2) is 18.2 Å². The van der Waals surface area contributed by atoms with Gasteiger partial charge in [-0.25, -0.2) is 0 Å². The average molecular weight is 249 g/mol. The Morgan fingerprint density at radius 1 is 1.50 bits per heavy atom. The van der Waals surface area contributed by atoms with Gasteiger partial charge in [-0.2, -0.15) is 8.78 Å². The molecule has 0 fully saturated rings. The molecule has 2 nitrogen and oxygen atoms in total. The molecule has 0 saturated carbocycles. The highest BCUT2D eigenvalue weighted by molar-refractivity contribution is 6.27. The van der Waals surface area contributed by atoms with Gasteiger partial charge in [0.05, 0.1) is 5.88 Å². The van der Waals surface area contributed by atoms with Crippen molar-refractivity contribution in [2.45, 2.75) is 20.0 Å². The fourth-order valence-electron chi connectivity index (χ4n) is 1.37. The van der Waals surface area contributed by atoms with Gasteiger partial charge in [0.2, 0.25) is 0 Å². The number of ether oxygens (including phenoxy) is 1. The summed E-state index contributed by atoms with van der Waals surface area (Å²) in [5.41, 5.74) is 1.01. The minimum atomic E-state index is -2.90. The zero-order valence-corrected chi connectivity index (χ0v) is 9.43. The first-order valence-electron chi connectivity index (χ1n) is 4.65. The number of halogens is 3.